The molecule has 3 fully saturated rings. The summed E-state index contributed by atoms with van der Waals surface area (Å²) in [7, 11) is 0. The molecule has 10 heteroatoms. The van der Waals surface area contributed by atoms with Crippen molar-refractivity contribution in [3.8, 4) is 6.07 Å². The number of carbonyl (C=O) groups excluding carboxylic acids is 1. The highest BCUT2D eigenvalue weighted by Crippen LogP contribution is 2.48. The number of alkyl halides is 3. The van der Waals surface area contributed by atoms with Crippen LogP contribution in [0.4, 0.5) is 29.3 Å². The normalized spacial score (nSPS) is 22.2. The molecular formula is C23H25F3N4OS2. The summed E-state index contributed by atoms with van der Waals surface area (Å²) >= 11 is 0. The van der Waals surface area contributed by atoms with Crippen LogP contribution in [-0.4, -0.2) is 23.1 Å². The second kappa shape index (κ2) is 9.47. The molecule has 2 atom stereocenters. The molecule has 0 radical (unpaired) electrons. The van der Waals surface area contributed by atoms with Crippen LogP contribution in [-0.2, 0) is 6.18 Å². The Labute approximate surface area is 204 Å². The predicted molar refractivity (Wildman–Crippen MR) is 130 cm³/mol. The maximum Gasteiger partial charge on any atom is 0.417 e. The summed E-state index contributed by atoms with van der Waals surface area (Å²) in [6, 6.07) is 6.48. The number of nitrogens with zero attached hydrogens (tertiary/aromatic N) is 4. The first kappa shape index (κ1) is 25.2. The molecule has 3 aliphatic rings. The molecule has 0 spiro atoms. The number of urea groups is 1. The molecule has 1 aliphatic heterocycles. The number of nitriles is 1. The lowest BCUT2D eigenvalue weighted by Gasteiger charge is -2.32. The van der Waals surface area contributed by atoms with Crippen LogP contribution < -0.4 is 9.80 Å². The zero-order chi connectivity index (χ0) is 21.8. The van der Waals surface area contributed by atoms with Crippen molar-refractivity contribution in [2.45, 2.75) is 62.7 Å². The Hall–Kier alpha value is -2.38. The van der Waals surface area contributed by atoms with Gasteiger partial charge in [-0.1, -0.05) is 12.8 Å². The van der Waals surface area contributed by atoms with Gasteiger partial charge in [-0.05, 0) is 61.4 Å². The quantitative estimate of drug-likeness (QED) is 0.539. The minimum absolute atomic E-state index is 0. The van der Waals surface area contributed by atoms with Crippen molar-refractivity contribution in [3.05, 3.63) is 53.3 Å². The van der Waals surface area contributed by atoms with Gasteiger partial charge in [0.2, 0.25) is 0 Å². The summed E-state index contributed by atoms with van der Waals surface area (Å²) in [6.45, 7) is 0. The first-order valence-corrected chi connectivity index (χ1v) is 10.6. The summed E-state index contributed by atoms with van der Waals surface area (Å²) in [6.07, 6.45) is 4.33. The Kier molecular flexibility index (Phi) is 7.24. The van der Waals surface area contributed by atoms with Crippen molar-refractivity contribution < 1.29 is 18.0 Å². The van der Waals surface area contributed by atoms with Gasteiger partial charge >= 0.3 is 12.2 Å². The first-order valence-electron chi connectivity index (χ1n) is 10.6. The molecule has 0 unspecified atom stereocenters. The number of anilines is 2. The van der Waals surface area contributed by atoms with Crippen LogP contribution in [0.5, 0.6) is 0 Å². The zero-order valence-electron chi connectivity index (χ0n) is 17.8. The molecule has 2 saturated carbocycles. The van der Waals surface area contributed by atoms with Crippen molar-refractivity contribution in [1.29, 1.82) is 5.26 Å². The maximum atomic E-state index is 13.7. The van der Waals surface area contributed by atoms with Crippen LogP contribution in [0.15, 0.2) is 36.7 Å². The van der Waals surface area contributed by atoms with Crippen LogP contribution >= 0.6 is 27.0 Å². The lowest BCUT2D eigenvalue weighted by atomic mass is 9.89. The smallest absolute Gasteiger partial charge is 0.289 e. The summed E-state index contributed by atoms with van der Waals surface area (Å²) in [4.78, 5) is 21.2. The highest BCUT2D eigenvalue weighted by molar-refractivity contribution is 7.59. The van der Waals surface area contributed by atoms with Gasteiger partial charge in [0.1, 0.15) is 0 Å². The maximum absolute atomic E-state index is 13.7. The molecule has 176 valence electrons. The summed E-state index contributed by atoms with van der Waals surface area (Å²) in [5.74, 6) is 0.411. The third-order valence-electron chi connectivity index (χ3n) is 6.59. The summed E-state index contributed by atoms with van der Waals surface area (Å²) < 4.78 is 40.6. The molecule has 2 heterocycles. The minimum Gasteiger partial charge on any atom is -0.289 e. The van der Waals surface area contributed by atoms with E-state index in [1.165, 1.54) is 11.0 Å². The lowest BCUT2D eigenvalue weighted by molar-refractivity contribution is -0.137. The Balaban J connectivity index is 0.00000153. The SMILES string of the molecule is N#Cc1ccc(N2C(=O)N(c3cnccc3C3CC3)[C@H]3CCCC[C@@H]32)cc1C(F)(F)F.S.S. The van der Waals surface area contributed by atoms with Gasteiger partial charge in [0.25, 0.3) is 0 Å². The van der Waals surface area contributed by atoms with Crippen LogP contribution in [0.2, 0.25) is 0 Å². The van der Waals surface area contributed by atoms with Gasteiger partial charge in [0.15, 0.2) is 0 Å². The molecule has 5 nitrogen and oxygen atoms in total. The number of hydrogen-bond acceptors (Lipinski definition) is 3. The van der Waals surface area contributed by atoms with Gasteiger partial charge in [-0.3, -0.25) is 14.8 Å². The highest BCUT2D eigenvalue weighted by Gasteiger charge is 2.49. The number of halogens is 3. The number of rotatable bonds is 3. The average Bonchev–Trinajstić information content (AvgIpc) is 3.56. The molecule has 1 saturated heterocycles. The standard InChI is InChI=1S/C23H21F3N4O.2H2S/c24-23(25,26)18-11-16(8-7-15(18)12-27)29-19-3-1-2-4-20(19)30(22(29)31)21-13-28-10-9-17(21)14-5-6-14;;/h7-11,13-14,19-20H,1-6H2;2*1H2/t19-,20-;;/m0../s1. The highest BCUT2D eigenvalue weighted by atomic mass is 32.1. The topological polar surface area (TPSA) is 60.2 Å². The Bertz CT molecular complexity index is 1080. The fourth-order valence-corrected chi connectivity index (χ4v) is 5.03. The van der Waals surface area contributed by atoms with Crippen LogP contribution in [0.1, 0.15) is 61.1 Å². The van der Waals surface area contributed by atoms with E-state index in [1.54, 1.807) is 23.4 Å². The molecule has 0 bridgehead atoms. The predicted octanol–water partition coefficient (Wildman–Crippen LogP) is 5.83. The van der Waals surface area contributed by atoms with E-state index in [9.17, 15) is 18.0 Å². The number of hydrogen-bond donors (Lipinski definition) is 0. The third-order valence-corrected chi connectivity index (χ3v) is 6.59. The molecule has 1 aromatic heterocycles. The number of fused-ring (bicyclic) bond motifs is 1. The monoisotopic (exact) mass is 494 g/mol. The summed E-state index contributed by atoms with van der Waals surface area (Å²) in [5, 5.41) is 9.11. The minimum atomic E-state index is -4.67. The van der Waals surface area contributed by atoms with Crippen molar-refractivity contribution >= 4 is 44.4 Å². The van der Waals surface area contributed by atoms with Crippen LogP contribution in [0, 0.1) is 11.3 Å². The number of aromatic nitrogens is 1. The van der Waals surface area contributed by atoms with Gasteiger partial charge in [-0.15, -0.1) is 0 Å². The second-order valence-corrected chi connectivity index (χ2v) is 8.49. The van der Waals surface area contributed by atoms with E-state index in [1.807, 2.05) is 6.07 Å². The van der Waals surface area contributed by atoms with E-state index in [0.717, 1.165) is 61.9 Å². The molecule has 5 rings (SSSR count). The lowest BCUT2D eigenvalue weighted by Crippen LogP contribution is -2.40. The van der Waals surface area contributed by atoms with Crippen molar-refractivity contribution in [2.75, 3.05) is 9.80 Å². The van der Waals surface area contributed by atoms with E-state index in [2.05, 4.69) is 4.98 Å². The Morgan fingerprint density at radius 1 is 1.00 bits per heavy atom. The van der Waals surface area contributed by atoms with Crippen molar-refractivity contribution in [3.63, 3.8) is 0 Å². The number of carbonyl (C=O) groups is 1. The summed E-state index contributed by atoms with van der Waals surface area (Å²) in [5.41, 5.74) is 0.603. The largest absolute Gasteiger partial charge is 0.417 e. The number of benzene rings is 1. The molecule has 2 amide bonds. The van der Waals surface area contributed by atoms with Gasteiger partial charge in [-0.2, -0.15) is 45.4 Å². The van der Waals surface area contributed by atoms with E-state index in [-0.39, 0.29) is 50.8 Å². The Morgan fingerprint density at radius 2 is 1.67 bits per heavy atom. The molecule has 2 aromatic rings. The zero-order valence-corrected chi connectivity index (χ0v) is 19.8. The van der Waals surface area contributed by atoms with E-state index in [4.69, 9.17) is 5.26 Å². The van der Waals surface area contributed by atoms with Gasteiger partial charge < -0.3 is 0 Å². The molecule has 0 N–H and O–H groups in total. The van der Waals surface area contributed by atoms with Crippen LogP contribution in [0.25, 0.3) is 0 Å². The number of pyridine rings is 1. The molecule has 33 heavy (non-hydrogen) atoms. The third kappa shape index (κ3) is 4.41. The van der Waals surface area contributed by atoms with E-state index >= 15 is 0 Å². The van der Waals surface area contributed by atoms with Crippen LogP contribution in [0.3, 0.4) is 0 Å². The van der Waals surface area contributed by atoms with Crippen molar-refractivity contribution in [1.82, 2.24) is 4.98 Å². The fraction of sp³-hybridized carbons (Fsp3) is 0.435. The van der Waals surface area contributed by atoms with Gasteiger partial charge in [-0.25, -0.2) is 4.79 Å². The van der Waals surface area contributed by atoms with Crippen molar-refractivity contribution in [2.24, 2.45) is 0 Å². The molecular weight excluding hydrogens is 469 g/mol. The average molecular weight is 495 g/mol. The number of amides is 2. The second-order valence-electron chi connectivity index (χ2n) is 8.49. The van der Waals surface area contributed by atoms with E-state index in [0.29, 0.717) is 5.92 Å². The fourth-order valence-electron chi connectivity index (χ4n) is 5.03. The molecule has 2 aliphatic carbocycles. The first-order chi connectivity index (χ1) is 14.9. The molecule has 1 aromatic carbocycles. The van der Waals surface area contributed by atoms with Gasteiger partial charge in [0, 0.05) is 11.9 Å². The Morgan fingerprint density at radius 3 is 2.27 bits per heavy atom. The van der Waals surface area contributed by atoms with Gasteiger partial charge in [0.05, 0.1) is 41.2 Å². The van der Waals surface area contributed by atoms with E-state index < -0.39 is 17.3 Å².